The lowest BCUT2D eigenvalue weighted by atomic mass is 10.0. The average Bonchev–Trinajstić information content (AvgIpc) is 2.74. The zero-order valence-electron chi connectivity index (χ0n) is 18.0. The number of nitrogens with one attached hydrogen (secondary N) is 2. The van der Waals surface area contributed by atoms with Crippen molar-refractivity contribution in [1.29, 1.82) is 0 Å². The quantitative estimate of drug-likeness (QED) is 0.661. The molecule has 0 radical (unpaired) electrons. The van der Waals surface area contributed by atoms with Gasteiger partial charge in [-0.1, -0.05) is 0 Å². The number of anilines is 2. The van der Waals surface area contributed by atoms with Crippen LogP contribution in [-0.4, -0.2) is 52.7 Å². The van der Waals surface area contributed by atoms with Crippen molar-refractivity contribution in [3.05, 3.63) is 52.6 Å². The van der Waals surface area contributed by atoms with E-state index in [9.17, 15) is 9.59 Å². The van der Waals surface area contributed by atoms with E-state index < -0.39 is 0 Å². The Labute approximate surface area is 180 Å². The number of hydrogen-bond acceptors (Lipinski definition) is 7. The number of piperazine rings is 1. The number of carbonyl (C=O) groups excluding carboxylic acids is 1. The lowest BCUT2D eigenvalue weighted by Crippen LogP contribution is -2.54. The van der Waals surface area contributed by atoms with Gasteiger partial charge in [-0.15, -0.1) is 0 Å². The number of aryl methyl sites for hydroxylation is 1. The minimum Gasteiger partial charge on any atom is -0.467 e. The van der Waals surface area contributed by atoms with Crippen LogP contribution in [0.3, 0.4) is 0 Å². The number of ether oxygens (including phenoxy) is 1. The van der Waals surface area contributed by atoms with Gasteiger partial charge in [0.1, 0.15) is 0 Å². The highest BCUT2D eigenvalue weighted by atomic mass is 16.5. The molecule has 31 heavy (non-hydrogen) atoms. The van der Waals surface area contributed by atoms with Crippen LogP contribution in [0.1, 0.15) is 24.2 Å². The molecule has 9 heteroatoms. The van der Waals surface area contributed by atoms with Crippen molar-refractivity contribution >= 4 is 28.2 Å². The van der Waals surface area contributed by atoms with Gasteiger partial charge in [0.05, 0.1) is 23.9 Å². The number of pyridine rings is 1. The number of hydrogen-bond donors (Lipinski definition) is 2. The van der Waals surface area contributed by atoms with Gasteiger partial charge in [0.25, 0.3) is 5.91 Å². The molecular formula is C22H26N6O3. The van der Waals surface area contributed by atoms with Crippen molar-refractivity contribution in [2.45, 2.75) is 25.9 Å². The predicted molar refractivity (Wildman–Crippen MR) is 120 cm³/mol. The summed E-state index contributed by atoms with van der Waals surface area (Å²) in [6.45, 7) is 5.99. The van der Waals surface area contributed by atoms with Crippen LogP contribution in [0.15, 0.2) is 41.5 Å². The number of amides is 1. The summed E-state index contributed by atoms with van der Waals surface area (Å²) < 4.78 is 6.62. The molecule has 1 aliphatic heterocycles. The Morgan fingerprint density at radius 3 is 2.61 bits per heavy atom. The molecule has 3 heterocycles. The van der Waals surface area contributed by atoms with E-state index in [1.165, 1.54) is 17.7 Å². The molecule has 1 saturated heterocycles. The molecule has 2 aromatic heterocycles. The number of methoxy groups -OCH3 is 1. The molecule has 1 aromatic carbocycles. The smallest absolute Gasteiger partial charge is 0.316 e. The first-order valence-corrected chi connectivity index (χ1v) is 10.2. The number of aromatic nitrogens is 3. The molecule has 2 N–H and O–H groups in total. The van der Waals surface area contributed by atoms with Crippen molar-refractivity contribution < 1.29 is 9.53 Å². The minimum atomic E-state index is -0.321. The van der Waals surface area contributed by atoms with E-state index in [1.54, 1.807) is 31.6 Å². The van der Waals surface area contributed by atoms with E-state index in [0.29, 0.717) is 28.9 Å². The summed E-state index contributed by atoms with van der Waals surface area (Å²) in [5.74, 6) is -0.321. The molecule has 0 bridgehead atoms. The fraction of sp³-hybridized carbons (Fsp3) is 0.364. The molecule has 0 aliphatic carbocycles. The van der Waals surface area contributed by atoms with Crippen LogP contribution in [0.4, 0.5) is 11.4 Å². The maximum Gasteiger partial charge on any atom is 0.316 e. The number of benzene rings is 1. The first-order chi connectivity index (χ1) is 14.9. The van der Waals surface area contributed by atoms with Gasteiger partial charge < -0.3 is 24.8 Å². The number of fused-ring (bicyclic) bond motifs is 1. The zero-order valence-corrected chi connectivity index (χ0v) is 18.0. The summed E-state index contributed by atoms with van der Waals surface area (Å²) in [4.78, 5) is 35.8. The summed E-state index contributed by atoms with van der Waals surface area (Å²) in [6, 6.07) is 7.58. The molecule has 0 spiro atoms. The average molecular weight is 422 g/mol. The fourth-order valence-electron chi connectivity index (χ4n) is 4.04. The number of carbonyl (C=O) groups is 1. The molecule has 3 aromatic rings. The van der Waals surface area contributed by atoms with E-state index >= 15 is 0 Å². The molecule has 4 rings (SSSR count). The molecule has 162 valence electrons. The van der Waals surface area contributed by atoms with Crippen molar-refractivity contribution in [2.75, 3.05) is 30.4 Å². The second-order valence-corrected chi connectivity index (χ2v) is 7.95. The third-order valence-electron chi connectivity index (χ3n) is 5.37. The second-order valence-electron chi connectivity index (χ2n) is 7.95. The van der Waals surface area contributed by atoms with Crippen molar-refractivity contribution in [3.8, 4) is 6.01 Å². The van der Waals surface area contributed by atoms with Gasteiger partial charge in [-0.2, -0.15) is 4.98 Å². The van der Waals surface area contributed by atoms with Crippen molar-refractivity contribution in [2.24, 2.45) is 7.05 Å². The molecule has 1 fully saturated rings. The normalized spacial score (nSPS) is 18.8. The highest BCUT2D eigenvalue weighted by Crippen LogP contribution is 2.30. The predicted octanol–water partition coefficient (Wildman–Crippen LogP) is 1.78. The van der Waals surface area contributed by atoms with E-state index in [4.69, 9.17) is 4.74 Å². The van der Waals surface area contributed by atoms with E-state index in [0.717, 1.165) is 24.2 Å². The summed E-state index contributed by atoms with van der Waals surface area (Å²) in [5, 5.41) is 7.16. The molecule has 0 unspecified atom stereocenters. The highest BCUT2D eigenvalue weighted by Gasteiger charge is 2.24. The SMILES string of the molecule is COc1ncc2c(N3C[C@H](C)N[C@@H](C)C3)ccc(C(=O)Nc3ccc(=O)n(C)c3)c2n1. The Kier molecular flexibility index (Phi) is 5.60. The van der Waals surface area contributed by atoms with E-state index in [-0.39, 0.29) is 17.5 Å². The topological polar surface area (TPSA) is 101 Å². The van der Waals surface area contributed by atoms with Gasteiger partial charge in [0, 0.05) is 61.8 Å². The van der Waals surface area contributed by atoms with E-state index in [2.05, 4.69) is 39.3 Å². The van der Waals surface area contributed by atoms with Crippen LogP contribution < -0.4 is 25.8 Å². The van der Waals surface area contributed by atoms with Crippen LogP contribution in [0.2, 0.25) is 0 Å². The van der Waals surface area contributed by atoms with Crippen molar-refractivity contribution in [3.63, 3.8) is 0 Å². The minimum absolute atomic E-state index is 0.148. The number of rotatable bonds is 4. The summed E-state index contributed by atoms with van der Waals surface area (Å²) in [7, 11) is 3.13. The fourth-order valence-corrected chi connectivity index (χ4v) is 4.04. The third-order valence-corrected chi connectivity index (χ3v) is 5.37. The highest BCUT2D eigenvalue weighted by molar-refractivity contribution is 6.13. The summed E-state index contributed by atoms with van der Waals surface area (Å²) in [5.41, 5.74) is 2.28. The molecule has 1 amide bonds. The van der Waals surface area contributed by atoms with Gasteiger partial charge in [0.2, 0.25) is 5.56 Å². The Bertz CT molecular complexity index is 1180. The maximum atomic E-state index is 13.1. The summed E-state index contributed by atoms with van der Waals surface area (Å²) in [6.07, 6.45) is 3.28. The standard InChI is InChI=1S/C22H26N6O3/c1-13-10-28(11-14(2)24-13)18-7-6-16(20-17(18)9-23-22(26-20)31-4)21(30)25-15-5-8-19(29)27(3)12-15/h5-9,12-14,24H,10-11H2,1-4H3,(H,25,30)/t13-,14-/m0/s1. The van der Waals surface area contributed by atoms with E-state index in [1.807, 2.05) is 6.07 Å². The van der Waals surface area contributed by atoms with Crippen LogP contribution in [0.25, 0.3) is 10.9 Å². The number of nitrogens with zero attached hydrogens (tertiary/aromatic N) is 4. The first kappa shape index (κ1) is 20.8. The Hall–Kier alpha value is -3.46. The van der Waals surface area contributed by atoms with Gasteiger partial charge in [-0.3, -0.25) is 9.59 Å². The molecule has 9 nitrogen and oxygen atoms in total. The van der Waals surface area contributed by atoms with Crippen LogP contribution in [0.5, 0.6) is 6.01 Å². The molecule has 1 aliphatic rings. The first-order valence-electron chi connectivity index (χ1n) is 10.2. The van der Waals surface area contributed by atoms with Gasteiger partial charge >= 0.3 is 6.01 Å². The van der Waals surface area contributed by atoms with Crippen LogP contribution in [0, 0.1) is 0 Å². The Morgan fingerprint density at radius 1 is 1.19 bits per heavy atom. The Morgan fingerprint density at radius 2 is 1.94 bits per heavy atom. The third kappa shape index (κ3) is 4.22. The monoisotopic (exact) mass is 422 g/mol. The van der Waals surface area contributed by atoms with Crippen LogP contribution in [-0.2, 0) is 7.05 Å². The molecule has 0 saturated carbocycles. The molecular weight excluding hydrogens is 396 g/mol. The van der Waals surface area contributed by atoms with Crippen LogP contribution >= 0.6 is 0 Å². The summed E-state index contributed by atoms with van der Waals surface area (Å²) >= 11 is 0. The van der Waals surface area contributed by atoms with Crippen molar-refractivity contribution in [1.82, 2.24) is 19.9 Å². The molecule has 2 atom stereocenters. The Balaban J connectivity index is 1.76. The maximum absolute atomic E-state index is 13.1. The lowest BCUT2D eigenvalue weighted by Gasteiger charge is -2.38. The second kappa shape index (κ2) is 8.35. The zero-order chi connectivity index (χ0) is 22.1. The van der Waals surface area contributed by atoms with Gasteiger partial charge in [-0.25, -0.2) is 4.98 Å². The lowest BCUT2D eigenvalue weighted by molar-refractivity contribution is 0.102. The van der Waals surface area contributed by atoms with Gasteiger partial charge in [0.15, 0.2) is 0 Å². The largest absolute Gasteiger partial charge is 0.467 e. The van der Waals surface area contributed by atoms with Gasteiger partial charge in [-0.05, 0) is 32.0 Å².